The van der Waals surface area contributed by atoms with Crippen LogP contribution in [0.2, 0.25) is 0 Å². The number of amides is 2. The predicted molar refractivity (Wildman–Crippen MR) is 145 cm³/mol. The largest absolute Gasteiger partial charge is 0.491 e. The average molecular weight is 508 g/mol. The van der Waals surface area contributed by atoms with Crippen molar-refractivity contribution in [3.05, 3.63) is 60.2 Å². The van der Waals surface area contributed by atoms with E-state index in [4.69, 9.17) is 9.47 Å². The van der Waals surface area contributed by atoms with Crippen LogP contribution in [-0.4, -0.2) is 85.0 Å². The van der Waals surface area contributed by atoms with Gasteiger partial charge in [0.05, 0.1) is 18.6 Å². The second-order valence-electron chi connectivity index (χ2n) is 11.6. The molecule has 0 radical (unpaired) electrons. The van der Waals surface area contributed by atoms with Crippen molar-refractivity contribution in [1.82, 2.24) is 14.7 Å². The van der Waals surface area contributed by atoms with Gasteiger partial charge in [0, 0.05) is 32.1 Å². The van der Waals surface area contributed by atoms with E-state index in [-0.39, 0.29) is 35.4 Å². The summed E-state index contributed by atoms with van der Waals surface area (Å²) in [5, 5.41) is 0. The zero-order valence-corrected chi connectivity index (χ0v) is 22.9. The molecule has 200 valence electrons. The van der Waals surface area contributed by atoms with Crippen molar-refractivity contribution < 1.29 is 19.1 Å². The van der Waals surface area contributed by atoms with Crippen LogP contribution in [0, 0.1) is 5.41 Å². The highest BCUT2D eigenvalue weighted by molar-refractivity contribution is 5.94. The maximum Gasteiger partial charge on any atom is 0.253 e. The molecule has 2 aliphatic rings. The number of benzene rings is 2. The molecule has 2 aliphatic heterocycles. The fraction of sp³-hybridized carbons (Fsp3) is 0.533. The molecule has 2 aromatic carbocycles. The van der Waals surface area contributed by atoms with Crippen LogP contribution in [0.1, 0.15) is 50.4 Å². The van der Waals surface area contributed by atoms with Crippen molar-refractivity contribution in [2.24, 2.45) is 5.41 Å². The monoisotopic (exact) mass is 507 g/mol. The first-order valence-electron chi connectivity index (χ1n) is 13.3. The Morgan fingerprint density at radius 3 is 2.57 bits per heavy atom. The van der Waals surface area contributed by atoms with E-state index in [2.05, 4.69) is 25.7 Å². The van der Waals surface area contributed by atoms with Gasteiger partial charge in [-0.3, -0.25) is 14.5 Å². The first kappa shape index (κ1) is 27.0. The molecule has 0 spiro atoms. The van der Waals surface area contributed by atoms with Crippen molar-refractivity contribution in [3.63, 3.8) is 0 Å². The molecule has 37 heavy (non-hydrogen) atoms. The third-order valence-corrected chi connectivity index (χ3v) is 7.09. The van der Waals surface area contributed by atoms with Crippen molar-refractivity contribution in [2.45, 2.75) is 58.2 Å². The van der Waals surface area contributed by atoms with Crippen LogP contribution in [0.15, 0.2) is 54.6 Å². The molecule has 2 amide bonds. The number of carbonyl (C=O) groups excluding carboxylic acids is 2. The van der Waals surface area contributed by atoms with Crippen LogP contribution in [0.4, 0.5) is 0 Å². The number of para-hydroxylation sites is 1. The Morgan fingerprint density at radius 2 is 1.84 bits per heavy atom. The van der Waals surface area contributed by atoms with Crippen molar-refractivity contribution in [3.8, 4) is 11.5 Å². The van der Waals surface area contributed by atoms with Gasteiger partial charge in [-0.15, -0.1) is 0 Å². The molecule has 1 saturated heterocycles. The van der Waals surface area contributed by atoms with E-state index >= 15 is 0 Å². The lowest BCUT2D eigenvalue weighted by Crippen LogP contribution is -2.52. The van der Waals surface area contributed by atoms with Crippen molar-refractivity contribution in [1.29, 1.82) is 0 Å². The second-order valence-corrected chi connectivity index (χ2v) is 11.6. The highest BCUT2D eigenvalue weighted by Gasteiger charge is 2.41. The summed E-state index contributed by atoms with van der Waals surface area (Å²) in [6, 6.07) is 16.7. The summed E-state index contributed by atoms with van der Waals surface area (Å²) in [6.07, 6.45) is 2.00. The van der Waals surface area contributed by atoms with Gasteiger partial charge in [-0.2, -0.15) is 0 Å². The van der Waals surface area contributed by atoms with Crippen LogP contribution in [0.25, 0.3) is 0 Å². The zero-order chi connectivity index (χ0) is 26.6. The van der Waals surface area contributed by atoms with Gasteiger partial charge in [-0.25, -0.2) is 0 Å². The van der Waals surface area contributed by atoms with Crippen LogP contribution in [-0.2, 0) is 4.79 Å². The predicted octanol–water partition coefficient (Wildman–Crippen LogP) is 4.33. The Hall–Kier alpha value is -3.06. The number of hydrogen-bond donors (Lipinski definition) is 0. The minimum Gasteiger partial charge on any atom is -0.491 e. The lowest BCUT2D eigenvalue weighted by Gasteiger charge is -2.36. The number of fused-ring (bicyclic) bond motifs is 3. The second kappa shape index (κ2) is 11.5. The molecule has 0 aliphatic carbocycles. The summed E-state index contributed by atoms with van der Waals surface area (Å²) < 4.78 is 12.5. The SMILES string of the molecule is CN1CCC[C@H](N(C)CC(C)(C)C)C(=O)N2C[C@@H](Oc3ccccc3)C[C@H]2COc2cccc(c2)C1=O. The van der Waals surface area contributed by atoms with Gasteiger partial charge in [-0.1, -0.05) is 45.0 Å². The molecule has 3 atom stereocenters. The Morgan fingerprint density at radius 1 is 1.08 bits per heavy atom. The number of carbonyl (C=O) groups is 2. The third kappa shape index (κ3) is 7.04. The quantitative estimate of drug-likeness (QED) is 0.617. The average Bonchev–Trinajstić information content (AvgIpc) is 3.26. The summed E-state index contributed by atoms with van der Waals surface area (Å²) in [4.78, 5) is 33.0. The standard InChI is InChI=1S/C30H41N3O4/c1-30(2,3)21-32(5)27-15-10-16-31(4)28(34)22-11-9-14-25(17-22)36-20-23-18-26(19-33(23)29(27)35)37-24-12-7-6-8-13-24/h6-9,11-14,17,23,26-27H,10,15-16,18-21H2,1-5H3/t23-,26-,27-/m0/s1. The molecule has 1 fully saturated rings. The van der Waals surface area contributed by atoms with E-state index in [1.54, 1.807) is 11.0 Å². The maximum atomic E-state index is 14.1. The molecule has 0 saturated carbocycles. The van der Waals surface area contributed by atoms with Crippen molar-refractivity contribution in [2.75, 3.05) is 40.3 Å². The normalized spacial score (nSPS) is 23.5. The van der Waals surface area contributed by atoms with Gasteiger partial charge >= 0.3 is 0 Å². The Balaban J connectivity index is 1.62. The summed E-state index contributed by atoms with van der Waals surface area (Å²) in [5.74, 6) is 1.52. The molecule has 0 unspecified atom stereocenters. The third-order valence-electron chi connectivity index (χ3n) is 7.09. The van der Waals surface area contributed by atoms with Crippen molar-refractivity contribution >= 4 is 11.8 Å². The van der Waals surface area contributed by atoms with Gasteiger partial charge in [0.2, 0.25) is 5.91 Å². The molecular weight excluding hydrogens is 466 g/mol. The lowest BCUT2D eigenvalue weighted by molar-refractivity contribution is -0.139. The molecule has 7 heteroatoms. The topological polar surface area (TPSA) is 62.3 Å². The van der Waals surface area contributed by atoms with Gasteiger partial charge < -0.3 is 19.3 Å². The molecule has 7 nitrogen and oxygen atoms in total. The fourth-order valence-corrected chi connectivity index (χ4v) is 5.42. The van der Waals surface area contributed by atoms with E-state index in [1.165, 1.54) is 0 Å². The van der Waals surface area contributed by atoms with E-state index in [0.717, 1.165) is 18.7 Å². The number of likely N-dealkylation sites (N-methyl/N-ethyl adjacent to an activating group) is 1. The number of nitrogens with zero attached hydrogens (tertiary/aromatic N) is 3. The van der Waals surface area contributed by atoms with E-state index in [1.807, 2.05) is 67.5 Å². The van der Waals surface area contributed by atoms with Crippen LogP contribution < -0.4 is 9.47 Å². The Bertz CT molecular complexity index is 1070. The Labute approximate surface area is 221 Å². The fourth-order valence-electron chi connectivity index (χ4n) is 5.42. The van der Waals surface area contributed by atoms with E-state index in [0.29, 0.717) is 43.9 Å². The number of hydrogen-bond acceptors (Lipinski definition) is 5. The Kier molecular flexibility index (Phi) is 8.42. The highest BCUT2D eigenvalue weighted by atomic mass is 16.5. The molecular formula is C30H41N3O4. The molecule has 0 aromatic heterocycles. The summed E-state index contributed by atoms with van der Waals surface area (Å²) >= 11 is 0. The highest BCUT2D eigenvalue weighted by Crippen LogP contribution is 2.28. The minimum absolute atomic E-state index is 0.0350. The summed E-state index contributed by atoms with van der Waals surface area (Å²) in [7, 11) is 3.86. The van der Waals surface area contributed by atoms with Gasteiger partial charge in [0.25, 0.3) is 5.91 Å². The lowest BCUT2D eigenvalue weighted by atomic mass is 9.94. The summed E-state index contributed by atoms with van der Waals surface area (Å²) in [6.45, 7) is 8.82. The number of rotatable bonds is 4. The number of ether oxygens (including phenoxy) is 2. The van der Waals surface area contributed by atoms with E-state index < -0.39 is 0 Å². The van der Waals surface area contributed by atoms with Crippen LogP contribution in [0.5, 0.6) is 11.5 Å². The zero-order valence-electron chi connectivity index (χ0n) is 22.9. The molecule has 0 N–H and O–H groups in total. The first-order chi connectivity index (χ1) is 17.6. The molecule has 2 aromatic rings. The molecule has 2 heterocycles. The van der Waals surface area contributed by atoms with Gasteiger partial charge in [-0.05, 0) is 55.6 Å². The smallest absolute Gasteiger partial charge is 0.253 e. The van der Waals surface area contributed by atoms with E-state index in [9.17, 15) is 9.59 Å². The van der Waals surface area contributed by atoms with Crippen LogP contribution in [0.3, 0.4) is 0 Å². The molecule has 2 bridgehead atoms. The first-order valence-corrected chi connectivity index (χ1v) is 13.3. The van der Waals surface area contributed by atoms with Crippen LogP contribution >= 0.6 is 0 Å². The maximum absolute atomic E-state index is 14.1. The molecule has 4 rings (SSSR count). The van der Waals surface area contributed by atoms with Gasteiger partial charge in [0.15, 0.2) is 0 Å². The summed E-state index contributed by atoms with van der Waals surface area (Å²) in [5.41, 5.74) is 0.666. The van der Waals surface area contributed by atoms with Gasteiger partial charge in [0.1, 0.15) is 24.2 Å². The minimum atomic E-state index is -0.276.